The Bertz CT molecular complexity index is 788. The zero-order valence-corrected chi connectivity index (χ0v) is 15.5. The van der Waals surface area contributed by atoms with Crippen molar-refractivity contribution in [2.24, 2.45) is 0 Å². The standard InChI is InChI=1S/C21H22F3NO3/c1-27-18-9-2-15(3-10-18)4-11-20(26)25-12-13-28-19(14-25)16-5-7-17(8-6-16)21(22,23)24/h2-3,5-10,19H,4,11-14H2,1H3/t19-/m0/s1. The van der Waals surface area contributed by atoms with E-state index in [1.807, 2.05) is 24.3 Å². The molecule has 150 valence electrons. The molecule has 1 aliphatic rings. The molecule has 0 saturated carbocycles. The van der Waals surface area contributed by atoms with E-state index in [0.29, 0.717) is 38.1 Å². The van der Waals surface area contributed by atoms with Crippen LogP contribution in [0.25, 0.3) is 0 Å². The Balaban J connectivity index is 1.56. The highest BCUT2D eigenvalue weighted by Gasteiger charge is 2.31. The summed E-state index contributed by atoms with van der Waals surface area (Å²) in [7, 11) is 1.60. The number of hydrogen-bond donors (Lipinski definition) is 0. The van der Waals surface area contributed by atoms with Gasteiger partial charge >= 0.3 is 6.18 Å². The van der Waals surface area contributed by atoms with Crippen LogP contribution >= 0.6 is 0 Å². The molecule has 1 heterocycles. The van der Waals surface area contributed by atoms with Crippen LogP contribution in [-0.4, -0.2) is 37.6 Å². The summed E-state index contributed by atoms with van der Waals surface area (Å²) >= 11 is 0. The van der Waals surface area contributed by atoms with Crippen LogP contribution < -0.4 is 4.74 Å². The van der Waals surface area contributed by atoms with Crippen LogP contribution in [0.15, 0.2) is 48.5 Å². The van der Waals surface area contributed by atoms with Crippen molar-refractivity contribution >= 4 is 5.91 Å². The van der Waals surface area contributed by atoms with Crippen LogP contribution in [0.1, 0.15) is 29.2 Å². The van der Waals surface area contributed by atoms with E-state index in [0.717, 1.165) is 23.4 Å². The molecule has 0 bridgehead atoms. The van der Waals surface area contributed by atoms with E-state index in [-0.39, 0.29) is 5.91 Å². The zero-order chi connectivity index (χ0) is 20.1. The van der Waals surface area contributed by atoms with Crippen molar-refractivity contribution in [3.05, 3.63) is 65.2 Å². The fraction of sp³-hybridized carbons (Fsp3) is 0.381. The summed E-state index contributed by atoms with van der Waals surface area (Å²) in [4.78, 5) is 14.3. The highest BCUT2D eigenvalue weighted by Crippen LogP contribution is 2.31. The number of methoxy groups -OCH3 is 1. The quantitative estimate of drug-likeness (QED) is 0.763. The second-order valence-corrected chi connectivity index (χ2v) is 6.67. The minimum atomic E-state index is -4.37. The van der Waals surface area contributed by atoms with Crippen molar-refractivity contribution in [3.8, 4) is 5.75 Å². The van der Waals surface area contributed by atoms with Crippen molar-refractivity contribution < 1.29 is 27.4 Å². The number of morpholine rings is 1. The molecule has 3 rings (SSSR count). The van der Waals surface area contributed by atoms with Gasteiger partial charge < -0.3 is 14.4 Å². The third kappa shape index (κ3) is 5.04. The second kappa shape index (κ2) is 8.65. The Kier molecular flexibility index (Phi) is 6.24. The minimum absolute atomic E-state index is 0.0102. The van der Waals surface area contributed by atoms with Crippen LogP contribution in [0.5, 0.6) is 5.75 Å². The third-order valence-electron chi connectivity index (χ3n) is 4.82. The fourth-order valence-corrected chi connectivity index (χ4v) is 3.17. The van der Waals surface area contributed by atoms with Crippen LogP contribution in [0.4, 0.5) is 13.2 Å². The molecule has 1 fully saturated rings. The summed E-state index contributed by atoms with van der Waals surface area (Å²) in [5.74, 6) is 0.777. The normalized spacial score (nSPS) is 17.4. The number of amides is 1. The number of alkyl halides is 3. The highest BCUT2D eigenvalue weighted by molar-refractivity contribution is 5.76. The summed E-state index contributed by atoms with van der Waals surface area (Å²) in [6.07, 6.45) is -3.80. The lowest BCUT2D eigenvalue weighted by Crippen LogP contribution is -2.42. The van der Waals surface area contributed by atoms with E-state index >= 15 is 0 Å². The average Bonchev–Trinajstić information content (AvgIpc) is 2.72. The predicted octanol–water partition coefficient (Wildman–Crippen LogP) is 4.25. The number of aryl methyl sites for hydroxylation is 1. The van der Waals surface area contributed by atoms with Crippen molar-refractivity contribution in [2.75, 3.05) is 26.8 Å². The molecular formula is C21H22F3NO3. The number of hydrogen-bond acceptors (Lipinski definition) is 3. The molecule has 0 aliphatic carbocycles. The molecule has 28 heavy (non-hydrogen) atoms. The van der Waals surface area contributed by atoms with E-state index in [1.54, 1.807) is 12.0 Å². The molecule has 1 amide bonds. The molecule has 7 heteroatoms. The Morgan fingerprint density at radius 3 is 2.43 bits per heavy atom. The molecule has 1 saturated heterocycles. The van der Waals surface area contributed by atoms with Crippen molar-refractivity contribution in [1.82, 2.24) is 4.90 Å². The number of carbonyl (C=O) groups excluding carboxylic acids is 1. The van der Waals surface area contributed by atoms with E-state index in [2.05, 4.69) is 0 Å². The Labute approximate surface area is 161 Å². The smallest absolute Gasteiger partial charge is 0.416 e. The summed E-state index contributed by atoms with van der Waals surface area (Å²) < 4.78 is 48.9. The van der Waals surface area contributed by atoms with Crippen molar-refractivity contribution in [1.29, 1.82) is 0 Å². The van der Waals surface area contributed by atoms with E-state index in [4.69, 9.17) is 9.47 Å². The van der Waals surface area contributed by atoms with Gasteiger partial charge in [-0.05, 0) is 41.8 Å². The third-order valence-corrected chi connectivity index (χ3v) is 4.82. The first-order chi connectivity index (χ1) is 13.4. The average molecular weight is 393 g/mol. The molecule has 0 N–H and O–H groups in total. The molecule has 0 spiro atoms. The Hall–Kier alpha value is -2.54. The number of nitrogens with zero attached hydrogens (tertiary/aromatic N) is 1. The summed E-state index contributed by atoms with van der Waals surface area (Å²) in [5.41, 5.74) is 0.988. The van der Waals surface area contributed by atoms with Crippen molar-refractivity contribution in [2.45, 2.75) is 25.1 Å². The molecular weight excluding hydrogens is 371 g/mol. The number of carbonyl (C=O) groups is 1. The monoisotopic (exact) mass is 393 g/mol. The van der Waals surface area contributed by atoms with Gasteiger partial charge in [0.15, 0.2) is 0 Å². The summed E-state index contributed by atoms with van der Waals surface area (Å²) in [6, 6.07) is 12.5. The summed E-state index contributed by atoms with van der Waals surface area (Å²) in [5, 5.41) is 0. The molecule has 0 aromatic heterocycles. The maximum Gasteiger partial charge on any atom is 0.416 e. The number of ether oxygens (including phenoxy) is 2. The Morgan fingerprint density at radius 1 is 1.14 bits per heavy atom. The van der Waals surface area contributed by atoms with Gasteiger partial charge in [0.1, 0.15) is 11.9 Å². The molecule has 0 unspecified atom stereocenters. The minimum Gasteiger partial charge on any atom is -0.497 e. The maximum atomic E-state index is 12.7. The first-order valence-corrected chi connectivity index (χ1v) is 9.06. The van der Waals surface area contributed by atoms with Gasteiger partial charge in [0.05, 0.1) is 25.8 Å². The molecule has 1 aliphatic heterocycles. The predicted molar refractivity (Wildman–Crippen MR) is 98.0 cm³/mol. The molecule has 2 aromatic carbocycles. The van der Waals surface area contributed by atoms with Gasteiger partial charge in [-0.1, -0.05) is 24.3 Å². The van der Waals surface area contributed by atoms with Crippen LogP contribution in [0, 0.1) is 0 Å². The Morgan fingerprint density at radius 2 is 1.82 bits per heavy atom. The lowest BCUT2D eigenvalue weighted by atomic mass is 10.0. The van der Waals surface area contributed by atoms with Gasteiger partial charge in [0, 0.05) is 13.0 Å². The second-order valence-electron chi connectivity index (χ2n) is 6.67. The number of benzene rings is 2. The van der Waals surface area contributed by atoms with Crippen LogP contribution in [0.3, 0.4) is 0 Å². The van der Waals surface area contributed by atoms with E-state index in [1.165, 1.54) is 12.1 Å². The largest absolute Gasteiger partial charge is 0.497 e. The maximum absolute atomic E-state index is 12.7. The fourth-order valence-electron chi connectivity index (χ4n) is 3.17. The van der Waals surface area contributed by atoms with Gasteiger partial charge in [0.25, 0.3) is 0 Å². The molecule has 1 atom stereocenters. The van der Waals surface area contributed by atoms with Gasteiger partial charge in [-0.2, -0.15) is 13.2 Å². The SMILES string of the molecule is COc1ccc(CCC(=O)N2CCO[C@H](c3ccc(C(F)(F)F)cc3)C2)cc1. The lowest BCUT2D eigenvalue weighted by molar-refractivity contribution is -0.139. The van der Waals surface area contributed by atoms with Crippen LogP contribution in [0.2, 0.25) is 0 Å². The topological polar surface area (TPSA) is 38.8 Å². The summed E-state index contributed by atoms with van der Waals surface area (Å²) in [6.45, 7) is 1.19. The van der Waals surface area contributed by atoms with E-state index in [9.17, 15) is 18.0 Å². The van der Waals surface area contributed by atoms with Gasteiger partial charge in [-0.15, -0.1) is 0 Å². The number of rotatable bonds is 5. The van der Waals surface area contributed by atoms with Crippen LogP contribution in [-0.2, 0) is 22.1 Å². The molecule has 2 aromatic rings. The lowest BCUT2D eigenvalue weighted by Gasteiger charge is -2.33. The van der Waals surface area contributed by atoms with Crippen molar-refractivity contribution in [3.63, 3.8) is 0 Å². The first kappa shape index (κ1) is 20.2. The molecule has 4 nitrogen and oxygen atoms in total. The van der Waals surface area contributed by atoms with E-state index < -0.39 is 17.8 Å². The molecule has 0 radical (unpaired) electrons. The van der Waals surface area contributed by atoms with Gasteiger partial charge in [-0.25, -0.2) is 0 Å². The number of halogens is 3. The van der Waals surface area contributed by atoms with Gasteiger partial charge in [0.2, 0.25) is 5.91 Å². The highest BCUT2D eigenvalue weighted by atomic mass is 19.4. The first-order valence-electron chi connectivity index (χ1n) is 9.06. The zero-order valence-electron chi connectivity index (χ0n) is 15.5. The van der Waals surface area contributed by atoms with Gasteiger partial charge in [-0.3, -0.25) is 4.79 Å².